The first-order chi connectivity index (χ1) is 7.83. The highest BCUT2D eigenvalue weighted by Gasteiger charge is 2.17. The lowest BCUT2D eigenvalue weighted by Gasteiger charge is -2.19. The van der Waals surface area contributed by atoms with E-state index in [4.69, 9.17) is 9.47 Å². The van der Waals surface area contributed by atoms with E-state index in [0.717, 1.165) is 0 Å². The molecular weight excluding hydrogens is 224 g/mol. The first-order valence-electron chi connectivity index (χ1n) is 5.08. The van der Waals surface area contributed by atoms with Crippen molar-refractivity contribution < 1.29 is 14.3 Å². The molecule has 0 saturated carbocycles. The third kappa shape index (κ3) is 3.82. The molecule has 0 fully saturated rings. The lowest BCUT2D eigenvalue weighted by molar-refractivity contribution is 0.0635. The van der Waals surface area contributed by atoms with E-state index in [0.29, 0.717) is 0 Å². The fourth-order valence-electron chi connectivity index (χ4n) is 1.12. The number of nitrogens with one attached hydrogen (secondary N) is 2. The highest BCUT2D eigenvalue weighted by Crippen LogP contribution is 2.10. The first kappa shape index (κ1) is 13.1. The van der Waals surface area contributed by atoms with Crippen molar-refractivity contribution >= 4 is 11.8 Å². The van der Waals surface area contributed by atoms with E-state index in [1.807, 2.05) is 0 Å². The molecule has 0 atom stereocenters. The van der Waals surface area contributed by atoms with Gasteiger partial charge in [-0.15, -0.1) is 0 Å². The zero-order valence-electron chi connectivity index (χ0n) is 10.3. The number of carbonyl (C=O) groups is 1. The van der Waals surface area contributed by atoms with E-state index >= 15 is 0 Å². The van der Waals surface area contributed by atoms with E-state index in [9.17, 15) is 9.59 Å². The number of aromatic amines is 1. The van der Waals surface area contributed by atoms with Crippen LogP contribution in [0, 0.1) is 0 Å². The van der Waals surface area contributed by atoms with Crippen molar-refractivity contribution in [1.29, 1.82) is 0 Å². The lowest BCUT2D eigenvalue weighted by atomic mass is 10.2. The standard InChI is InChI=1S/C11H16N2O4/c1-11(2,3)17-10(15)13-7-5-12-6-8(16-4)9(7)14/h5-6H,1-4H3,(H,12,14)(H,13,15). The molecule has 1 heterocycles. The number of anilines is 1. The highest BCUT2D eigenvalue weighted by molar-refractivity contribution is 5.84. The van der Waals surface area contributed by atoms with Crippen LogP contribution in [0.15, 0.2) is 17.2 Å². The molecule has 0 radical (unpaired) electrons. The van der Waals surface area contributed by atoms with Gasteiger partial charge in [0.25, 0.3) is 0 Å². The minimum Gasteiger partial charge on any atom is -0.491 e. The number of pyridine rings is 1. The molecule has 1 aromatic heterocycles. The van der Waals surface area contributed by atoms with Gasteiger partial charge in [-0.2, -0.15) is 0 Å². The Kier molecular flexibility index (Phi) is 3.77. The third-order valence-corrected chi connectivity index (χ3v) is 1.77. The molecule has 0 aliphatic rings. The summed E-state index contributed by atoms with van der Waals surface area (Å²) in [4.78, 5) is 25.8. The van der Waals surface area contributed by atoms with Crippen molar-refractivity contribution in [2.24, 2.45) is 0 Å². The van der Waals surface area contributed by atoms with Crippen LogP contribution in [-0.4, -0.2) is 23.8 Å². The lowest BCUT2D eigenvalue weighted by Crippen LogP contribution is -2.29. The molecule has 6 nitrogen and oxygen atoms in total. The Labute approximate surface area is 98.9 Å². The molecule has 1 aromatic rings. The third-order valence-electron chi connectivity index (χ3n) is 1.77. The van der Waals surface area contributed by atoms with Crippen LogP contribution in [0.25, 0.3) is 0 Å². The summed E-state index contributed by atoms with van der Waals surface area (Å²) in [5.74, 6) is 0.124. The van der Waals surface area contributed by atoms with Crippen LogP contribution >= 0.6 is 0 Å². The number of hydrogen-bond acceptors (Lipinski definition) is 4. The number of aromatic nitrogens is 1. The van der Waals surface area contributed by atoms with Gasteiger partial charge < -0.3 is 14.5 Å². The topological polar surface area (TPSA) is 80.4 Å². The molecule has 0 spiro atoms. The Morgan fingerprint density at radius 1 is 1.35 bits per heavy atom. The maximum Gasteiger partial charge on any atom is 0.412 e. The second-order valence-corrected chi connectivity index (χ2v) is 4.39. The molecule has 0 saturated heterocycles. The zero-order chi connectivity index (χ0) is 13.1. The summed E-state index contributed by atoms with van der Waals surface area (Å²) < 4.78 is 9.86. The maximum absolute atomic E-state index is 11.7. The van der Waals surface area contributed by atoms with Crippen LogP contribution < -0.4 is 15.5 Å². The van der Waals surface area contributed by atoms with Gasteiger partial charge in [-0.25, -0.2) is 4.79 Å². The van der Waals surface area contributed by atoms with Gasteiger partial charge in [0.1, 0.15) is 11.3 Å². The predicted octanol–water partition coefficient (Wildman–Crippen LogP) is 1.73. The van der Waals surface area contributed by atoms with Crippen molar-refractivity contribution in [3.05, 3.63) is 22.6 Å². The number of H-pyrrole nitrogens is 1. The van der Waals surface area contributed by atoms with Crippen molar-refractivity contribution in [2.75, 3.05) is 12.4 Å². The molecule has 0 unspecified atom stereocenters. The van der Waals surface area contributed by atoms with Gasteiger partial charge in [-0.05, 0) is 20.8 Å². The first-order valence-corrected chi connectivity index (χ1v) is 5.08. The number of hydrogen-bond donors (Lipinski definition) is 2. The molecule has 0 aliphatic carbocycles. The van der Waals surface area contributed by atoms with E-state index in [-0.39, 0.29) is 11.4 Å². The Morgan fingerprint density at radius 2 is 2.00 bits per heavy atom. The summed E-state index contributed by atoms with van der Waals surface area (Å²) in [6.45, 7) is 5.22. The van der Waals surface area contributed by atoms with Crippen LogP contribution in [0.1, 0.15) is 20.8 Å². The second kappa shape index (κ2) is 4.90. The Bertz CT molecular complexity index is 459. The van der Waals surface area contributed by atoms with Gasteiger partial charge in [0.2, 0.25) is 5.43 Å². The minimum atomic E-state index is -0.684. The van der Waals surface area contributed by atoms with Crippen molar-refractivity contribution in [2.45, 2.75) is 26.4 Å². The molecule has 1 rings (SSSR count). The van der Waals surface area contributed by atoms with Gasteiger partial charge in [0.05, 0.1) is 7.11 Å². The second-order valence-electron chi connectivity index (χ2n) is 4.39. The Hall–Kier alpha value is -1.98. The SMILES string of the molecule is COc1c[nH]cc(NC(=O)OC(C)(C)C)c1=O. The molecule has 6 heteroatoms. The van der Waals surface area contributed by atoms with Gasteiger partial charge in [0, 0.05) is 12.4 Å². The van der Waals surface area contributed by atoms with Gasteiger partial charge in [-0.1, -0.05) is 0 Å². The summed E-state index contributed by atoms with van der Waals surface area (Å²) in [5, 5.41) is 2.36. The quantitative estimate of drug-likeness (QED) is 0.825. The number of ether oxygens (including phenoxy) is 2. The molecule has 94 valence electrons. The summed E-state index contributed by atoms with van der Waals surface area (Å²) >= 11 is 0. The summed E-state index contributed by atoms with van der Waals surface area (Å²) in [5.41, 5.74) is -0.939. The van der Waals surface area contributed by atoms with E-state index in [1.54, 1.807) is 20.8 Å². The van der Waals surface area contributed by atoms with Crippen LogP contribution in [0.2, 0.25) is 0 Å². The molecule has 17 heavy (non-hydrogen) atoms. The van der Waals surface area contributed by atoms with E-state index in [1.165, 1.54) is 19.5 Å². The molecule has 2 N–H and O–H groups in total. The summed E-state index contributed by atoms with van der Waals surface area (Å²) in [7, 11) is 1.38. The fourth-order valence-corrected chi connectivity index (χ4v) is 1.12. The normalized spacial score (nSPS) is 10.8. The van der Waals surface area contributed by atoms with E-state index < -0.39 is 17.1 Å². The van der Waals surface area contributed by atoms with Crippen molar-refractivity contribution in [3.8, 4) is 5.75 Å². The maximum atomic E-state index is 11.7. The predicted molar refractivity (Wildman–Crippen MR) is 63.5 cm³/mol. The number of rotatable bonds is 2. The molecular formula is C11H16N2O4. The molecule has 1 amide bonds. The minimum absolute atomic E-state index is 0.0820. The average Bonchev–Trinajstić information content (AvgIpc) is 2.18. The number of amides is 1. The fraction of sp³-hybridized carbons (Fsp3) is 0.455. The van der Waals surface area contributed by atoms with Crippen LogP contribution in [0.5, 0.6) is 5.75 Å². The highest BCUT2D eigenvalue weighted by atomic mass is 16.6. The van der Waals surface area contributed by atoms with E-state index in [2.05, 4.69) is 10.3 Å². The van der Waals surface area contributed by atoms with Gasteiger partial charge in [0.15, 0.2) is 5.75 Å². The largest absolute Gasteiger partial charge is 0.491 e. The monoisotopic (exact) mass is 240 g/mol. The van der Waals surface area contributed by atoms with Crippen LogP contribution in [0.4, 0.5) is 10.5 Å². The molecule has 0 bridgehead atoms. The molecule has 0 aliphatic heterocycles. The summed E-state index contributed by atoms with van der Waals surface area (Å²) in [6.07, 6.45) is 2.09. The Balaban J connectivity index is 2.83. The van der Waals surface area contributed by atoms with Crippen LogP contribution in [-0.2, 0) is 4.74 Å². The summed E-state index contributed by atoms with van der Waals surface area (Å²) in [6, 6.07) is 0. The number of carbonyl (C=O) groups excluding carboxylic acids is 1. The zero-order valence-corrected chi connectivity index (χ0v) is 10.3. The van der Waals surface area contributed by atoms with Crippen molar-refractivity contribution in [3.63, 3.8) is 0 Å². The Morgan fingerprint density at radius 3 is 2.53 bits per heavy atom. The van der Waals surface area contributed by atoms with Crippen molar-refractivity contribution in [1.82, 2.24) is 4.98 Å². The number of methoxy groups -OCH3 is 1. The van der Waals surface area contributed by atoms with Gasteiger partial charge in [-0.3, -0.25) is 10.1 Å². The smallest absolute Gasteiger partial charge is 0.412 e. The van der Waals surface area contributed by atoms with Gasteiger partial charge >= 0.3 is 6.09 Å². The molecule has 0 aromatic carbocycles. The van der Waals surface area contributed by atoms with Crippen LogP contribution in [0.3, 0.4) is 0 Å². The average molecular weight is 240 g/mol.